The third-order valence-electron chi connectivity index (χ3n) is 2.54. The van der Waals surface area contributed by atoms with E-state index in [4.69, 9.17) is 11.6 Å². The zero-order valence-electron chi connectivity index (χ0n) is 10.7. The minimum absolute atomic E-state index is 0.586. The summed E-state index contributed by atoms with van der Waals surface area (Å²) in [4.78, 5) is 0. The van der Waals surface area contributed by atoms with Gasteiger partial charge in [0.05, 0.1) is 0 Å². The molecule has 0 aliphatic heterocycles. The second kappa shape index (κ2) is 9.68. The van der Waals surface area contributed by atoms with E-state index in [0.29, 0.717) is 12.0 Å². The smallest absolute Gasteiger partial charge is 0.0218 e. The van der Waals surface area contributed by atoms with E-state index in [-0.39, 0.29) is 0 Å². The number of rotatable bonds is 8. The van der Waals surface area contributed by atoms with Gasteiger partial charge >= 0.3 is 0 Å². The summed E-state index contributed by atoms with van der Waals surface area (Å²) in [5, 5.41) is 4.09. The Morgan fingerprint density at radius 1 is 1.44 bits per heavy atom. The average Bonchev–Trinajstić information content (AvgIpc) is 2.24. The lowest BCUT2D eigenvalue weighted by molar-refractivity contribution is 0.445. The Morgan fingerprint density at radius 2 is 2.12 bits per heavy atom. The van der Waals surface area contributed by atoms with E-state index in [1.54, 1.807) is 0 Å². The maximum atomic E-state index is 5.93. The predicted octanol–water partition coefficient (Wildman–Crippen LogP) is 4.27. The van der Waals surface area contributed by atoms with Crippen LogP contribution in [0.15, 0.2) is 35.9 Å². The van der Waals surface area contributed by atoms with Gasteiger partial charge in [0.1, 0.15) is 0 Å². The molecule has 2 heteroatoms. The number of halogens is 1. The summed E-state index contributed by atoms with van der Waals surface area (Å²) in [6, 6.07) is 0.586. The zero-order chi connectivity index (χ0) is 12.4. The van der Waals surface area contributed by atoms with Crippen molar-refractivity contribution < 1.29 is 0 Å². The van der Waals surface area contributed by atoms with E-state index in [9.17, 15) is 0 Å². The first-order chi connectivity index (χ1) is 7.60. The zero-order valence-corrected chi connectivity index (χ0v) is 11.4. The van der Waals surface area contributed by atoms with Crippen molar-refractivity contribution in [3.63, 3.8) is 0 Å². The van der Waals surface area contributed by atoms with Gasteiger partial charge < -0.3 is 5.32 Å². The van der Waals surface area contributed by atoms with E-state index in [1.807, 2.05) is 25.3 Å². The molecule has 16 heavy (non-hydrogen) atoms. The maximum absolute atomic E-state index is 5.93. The molecule has 0 amide bonds. The van der Waals surface area contributed by atoms with E-state index in [2.05, 4.69) is 31.8 Å². The average molecular weight is 242 g/mol. The number of nitrogens with one attached hydrogen (secondary N) is 1. The van der Waals surface area contributed by atoms with Gasteiger partial charge in [-0.2, -0.15) is 0 Å². The molecule has 2 atom stereocenters. The molecule has 0 radical (unpaired) electrons. The topological polar surface area (TPSA) is 12.0 Å². The van der Waals surface area contributed by atoms with Crippen LogP contribution in [-0.4, -0.2) is 13.1 Å². The Hall–Kier alpha value is -0.530. The Kier molecular flexibility index (Phi) is 9.36. The van der Waals surface area contributed by atoms with Gasteiger partial charge in [-0.15, -0.1) is 6.58 Å². The van der Waals surface area contributed by atoms with Crippen molar-refractivity contribution in [3.8, 4) is 0 Å². The lowest BCUT2D eigenvalue weighted by atomic mass is 9.99. The second-order valence-electron chi connectivity index (χ2n) is 4.30. The van der Waals surface area contributed by atoms with Gasteiger partial charge in [0.25, 0.3) is 0 Å². The number of allylic oxidation sites excluding steroid dienone is 5. The van der Waals surface area contributed by atoms with E-state index >= 15 is 0 Å². The highest BCUT2D eigenvalue weighted by molar-refractivity contribution is 6.29. The van der Waals surface area contributed by atoms with Crippen molar-refractivity contribution in [2.75, 3.05) is 7.05 Å². The fourth-order valence-corrected chi connectivity index (χ4v) is 1.69. The van der Waals surface area contributed by atoms with Gasteiger partial charge in [-0.05, 0) is 38.8 Å². The van der Waals surface area contributed by atoms with Crippen LogP contribution in [0.3, 0.4) is 0 Å². The summed E-state index contributed by atoms with van der Waals surface area (Å²) in [7, 11) is 2.00. The van der Waals surface area contributed by atoms with E-state index < -0.39 is 0 Å². The third-order valence-corrected chi connectivity index (χ3v) is 2.82. The molecule has 0 aromatic carbocycles. The summed E-state index contributed by atoms with van der Waals surface area (Å²) < 4.78 is 0. The molecule has 0 saturated carbocycles. The Morgan fingerprint density at radius 3 is 2.69 bits per heavy atom. The molecule has 1 N–H and O–H groups in total. The summed E-state index contributed by atoms with van der Waals surface area (Å²) in [6.07, 6.45) is 11.0. The van der Waals surface area contributed by atoms with Gasteiger partial charge in [0.2, 0.25) is 0 Å². The summed E-state index contributed by atoms with van der Waals surface area (Å²) in [5.41, 5.74) is 0. The first-order valence-corrected chi connectivity index (χ1v) is 6.27. The highest BCUT2D eigenvalue weighted by Crippen LogP contribution is 2.12. The van der Waals surface area contributed by atoms with E-state index in [0.717, 1.165) is 17.9 Å². The molecule has 0 aromatic heterocycles. The lowest BCUT2D eigenvalue weighted by Crippen LogP contribution is -2.23. The number of hydrogen-bond acceptors (Lipinski definition) is 1. The van der Waals surface area contributed by atoms with Gasteiger partial charge in [-0.25, -0.2) is 0 Å². The molecule has 0 rings (SSSR count). The fourth-order valence-electron chi connectivity index (χ4n) is 1.51. The predicted molar refractivity (Wildman–Crippen MR) is 74.8 cm³/mol. The van der Waals surface area contributed by atoms with Crippen LogP contribution in [-0.2, 0) is 0 Å². The first kappa shape index (κ1) is 15.5. The maximum Gasteiger partial charge on any atom is 0.0218 e. The molecule has 0 aromatic rings. The van der Waals surface area contributed by atoms with Gasteiger partial charge in [0.15, 0.2) is 0 Å². The minimum atomic E-state index is 0.586. The molecule has 0 aliphatic rings. The van der Waals surface area contributed by atoms with Crippen molar-refractivity contribution in [1.82, 2.24) is 5.32 Å². The number of hydrogen-bond donors (Lipinski definition) is 1. The van der Waals surface area contributed by atoms with Crippen molar-refractivity contribution in [2.45, 2.75) is 39.2 Å². The Bertz CT molecular complexity index is 243. The van der Waals surface area contributed by atoms with Crippen molar-refractivity contribution in [2.24, 2.45) is 5.92 Å². The van der Waals surface area contributed by atoms with Crippen LogP contribution in [0.4, 0.5) is 0 Å². The van der Waals surface area contributed by atoms with Gasteiger partial charge in [-0.1, -0.05) is 36.8 Å². The minimum Gasteiger partial charge on any atom is -0.317 e. The quantitative estimate of drug-likeness (QED) is 0.495. The van der Waals surface area contributed by atoms with E-state index in [1.165, 1.54) is 6.42 Å². The molecule has 0 spiro atoms. The van der Waals surface area contributed by atoms with Crippen LogP contribution < -0.4 is 5.32 Å². The molecule has 0 heterocycles. The molecule has 0 fully saturated rings. The molecule has 0 saturated heterocycles. The standard InChI is InChI=1S/C14H24ClN/c1-5-8-14(15)10-7-6-9-12(2)11-13(3)16-4/h5-7,10,12-13,16H,1,8-9,11H2,2-4H3/b7-6-,14-10+. The highest BCUT2D eigenvalue weighted by Gasteiger charge is 2.04. The first-order valence-electron chi connectivity index (χ1n) is 5.89. The SMILES string of the molecule is C=CC/C(Cl)=C\C=C/CC(C)CC(C)NC. The third kappa shape index (κ3) is 8.75. The normalized spacial score (nSPS) is 16.4. The van der Waals surface area contributed by atoms with Gasteiger partial charge in [0, 0.05) is 17.5 Å². The Balaban J connectivity index is 3.82. The van der Waals surface area contributed by atoms with Crippen LogP contribution in [0.25, 0.3) is 0 Å². The molecular weight excluding hydrogens is 218 g/mol. The second-order valence-corrected chi connectivity index (χ2v) is 4.79. The largest absolute Gasteiger partial charge is 0.317 e. The summed E-state index contributed by atoms with van der Waals surface area (Å²) in [6.45, 7) is 8.12. The summed E-state index contributed by atoms with van der Waals surface area (Å²) in [5.74, 6) is 0.699. The molecule has 2 unspecified atom stereocenters. The van der Waals surface area contributed by atoms with Crippen molar-refractivity contribution >= 4 is 11.6 Å². The van der Waals surface area contributed by atoms with Crippen LogP contribution in [0.2, 0.25) is 0 Å². The molecule has 1 nitrogen and oxygen atoms in total. The van der Waals surface area contributed by atoms with Gasteiger partial charge in [-0.3, -0.25) is 0 Å². The lowest BCUT2D eigenvalue weighted by Gasteiger charge is -2.14. The van der Waals surface area contributed by atoms with Crippen LogP contribution >= 0.6 is 11.6 Å². The summed E-state index contributed by atoms with van der Waals surface area (Å²) >= 11 is 5.93. The fraction of sp³-hybridized carbons (Fsp3) is 0.571. The molecule has 92 valence electrons. The molecule has 0 aliphatic carbocycles. The Labute approximate surface area is 105 Å². The van der Waals surface area contributed by atoms with Crippen molar-refractivity contribution in [3.05, 3.63) is 35.9 Å². The van der Waals surface area contributed by atoms with Crippen LogP contribution in [0.1, 0.15) is 33.1 Å². The molecular formula is C14H24ClN. The van der Waals surface area contributed by atoms with Crippen molar-refractivity contribution in [1.29, 1.82) is 0 Å². The highest BCUT2D eigenvalue weighted by atomic mass is 35.5. The molecule has 0 bridgehead atoms. The monoisotopic (exact) mass is 241 g/mol. The van der Waals surface area contributed by atoms with Crippen LogP contribution in [0, 0.1) is 5.92 Å². The van der Waals surface area contributed by atoms with Crippen LogP contribution in [0.5, 0.6) is 0 Å².